The lowest BCUT2D eigenvalue weighted by atomic mass is 10.4. The third-order valence-corrected chi connectivity index (χ3v) is 3.60. The summed E-state index contributed by atoms with van der Waals surface area (Å²) in [5.41, 5.74) is 0. The van der Waals surface area contributed by atoms with Gasteiger partial charge >= 0.3 is 0 Å². The van der Waals surface area contributed by atoms with Gasteiger partial charge in [-0.25, -0.2) is 13.1 Å². The van der Waals surface area contributed by atoms with Crippen LogP contribution in [0.25, 0.3) is 0 Å². The Bertz CT molecular complexity index is 401. The molecule has 0 aromatic heterocycles. The molecule has 1 N–H and O–H groups in total. The smallest absolute Gasteiger partial charge is 0.240 e. The molecular weight excluding hydrogens is 224 g/mol. The van der Waals surface area contributed by atoms with Gasteiger partial charge in [0.25, 0.3) is 0 Å². The predicted octanol–water partition coefficient (Wildman–Crippen LogP) is 0.917. The van der Waals surface area contributed by atoms with Gasteiger partial charge in [0.05, 0.1) is 4.90 Å². The van der Waals surface area contributed by atoms with E-state index < -0.39 is 10.0 Å². The summed E-state index contributed by atoms with van der Waals surface area (Å²) < 4.78 is 26.1. The molecule has 1 aromatic rings. The van der Waals surface area contributed by atoms with E-state index in [1.54, 1.807) is 30.3 Å². The fourth-order valence-electron chi connectivity index (χ4n) is 1.28. The molecule has 0 fully saturated rings. The maximum absolute atomic E-state index is 11.8. The van der Waals surface area contributed by atoms with Gasteiger partial charge in [0.2, 0.25) is 10.0 Å². The Balaban J connectivity index is 2.48. The molecule has 0 amide bonds. The quantitative estimate of drug-likeness (QED) is 0.755. The lowest BCUT2D eigenvalue weighted by Gasteiger charge is -2.10. The first-order chi connectivity index (χ1) is 7.52. The van der Waals surface area contributed by atoms with Gasteiger partial charge in [0.15, 0.2) is 0 Å². The van der Waals surface area contributed by atoms with Crippen molar-refractivity contribution in [3.8, 4) is 0 Å². The van der Waals surface area contributed by atoms with Crippen molar-refractivity contribution in [2.24, 2.45) is 0 Å². The standard InChI is InChI=1S/C11H18N2O2S/c1-13(2)10-6-9-12-16(14,15)11-7-4-3-5-8-11/h3-5,7-8,12H,6,9-10H2,1-2H3. The van der Waals surface area contributed by atoms with Crippen molar-refractivity contribution in [3.63, 3.8) is 0 Å². The molecule has 0 spiro atoms. The summed E-state index contributed by atoms with van der Waals surface area (Å²) >= 11 is 0. The largest absolute Gasteiger partial charge is 0.309 e. The molecular formula is C11H18N2O2S. The average Bonchev–Trinajstić information content (AvgIpc) is 2.26. The zero-order chi connectivity index (χ0) is 12.0. The molecule has 1 aromatic carbocycles. The molecule has 5 heteroatoms. The monoisotopic (exact) mass is 242 g/mol. The Kier molecular flexibility index (Phi) is 4.92. The first-order valence-corrected chi connectivity index (χ1v) is 6.70. The fraction of sp³-hybridized carbons (Fsp3) is 0.455. The van der Waals surface area contributed by atoms with Gasteiger partial charge < -0.3 is 4.90 Å². The van der Waals surface area contributed by atoms with Gasteiger partial charge in [-0.05, 0) is 39.2 Å². The van der Waals surface area contributed by atoms with Crippen LogP contribution in [0.1, 0.15) is 6.42 Å². The summed E-state index contributed by atoms with van der Waals surface area (Å²) in [4.78, 5) is 2.34. The van der Waals surface area contributed by atoms with Crippen LogP contribution in [0.5, 0.6) is 0 Å². The van der Waals surface area contributed by atoms with E-state index in [4.69, 9.17) is 0 Å². The maximum atomic E-state index is 11.8. The van der Waals surface area contributed by atoms with Crippen LogP contribution in [0.2, 0.25) is 0 Å². The predicted molar refractivity (Wildman–Crippen MR) is 64.8 cm³/mol. The van der Waals surface area contributed by atoms with Gasteiger partial charge in [-0.2, -0.15) is 0 Å². The Morgan fingerprint density at radius 2 is 1.81 bits per heavy atom. The summed E-state index contributed by atoms with van der Waals surface area (Å²) in [5.74, 6) is 0. The van der Waals surface area contributed by atoms with Gasteiger partial charge in [0.1, 0.15) is 0 Å². The second kappa shape index (κ2) is 5.98. The van der Waals surface area contributed by atoms with Crippen molar-refractivity contribution in [1.82, 2.24) is 9.62 Å². The Morgan fingerprint density at radius 1 is 1.19 bits per heavy atom. The van der Waals surface area contributed by atoms with Gasteiger partial charge in [-0.15, -0.1) is 0 Å². The lowest BCUT2D eigenvalue weighted by Crippen LogP contribution is -2.27. The van der Waals surface area contributed by atoms with Crippen LogP contribution < -0.4 is 4.72 Å². The van der Waals surface area contributed by atoms with Crippen LogP contribution in [0.3, 0.4) is 0 Å². The molecule has 0 atom stereocenters. The third-order valence-electron chi connectivity index (χ3n) is 2.13. The Morgan fingerprint density at radius 3 is 2.38 bits per heavy atom. The summed E-state index contributed by atoms with van der Waals surface area (Å²) in [5, 5.41) is 0. The van der Waals surface area contributed by atoms with Crippen molar-refractivity contribution < 1.29 is 8.42 Å². The highest BCUT2D eigenvalue weighted by molar-refractivity contribution is 7.89. The van der Waals surface area contributed by atoms with E-state index in [9.17, 15) is 8.42 Å². The number of rotatable bonds is 6. The highest BCUT2D eigenvalue weighted by Gasteiger charge is 2.11. The van der Waals surface area contributed by atoms with E-state index >= 15 is 0 Å². The van der Waals surface area contributed by atoms with Crippen molar-refractivity contribution in [3.05, 3.63) is 30.3 Å². The maximum Gasteiger partial charge on any atom is 0.240 e. The highest BCUT2D eigenvalue weighted by atomic mass is 32.2. The Hall–Kier alpha value is -0.910. The van der Waals surface area contributed by atoms with Crippen LogP contribution in [0.4, 0.5) is 0 Å². The second-order valence-electron chi connectivity index (χ2n) is 3.87. The molecule has 1 rings (SSSR count). The summed E-state index contributed by atoms with van der Waals surface area (Å²) in [6, 6.07) is 8.41. The topological polar surface area (TPSA) is 49.4 Å². The first-order valence-electron chi connectivity index (χ1n) is 5.22. The average molecular weight is 242 g/mol. The number of hydrogen-bond donors (Lipinski definition) is 1. The molecule has 90 valence electrons. The molecule has 0 heterocycles. The van der Waals surface area contributed by atoms with Crippen LogP contribution in [0, 0.1) is 0 Å². The zero-order valence-corrected chi connectivity index (χ0v) is 10.5. The molecule has 0 aliphatic carbocycles. The van der Waals surface area contributed by atoms with E-state index in [2.05, 4.69) is 4.72 Å². The molecule has 0 saturated carbocycles. The van der Waals surface area contributed by atoms with Gasteiger partial charge in [-0.3, -0.25) is 0 Å². The number of hydrogen-bond acceptors (Lipinski definition) is 3. The molecule has 0 saturated heterocycles. The molecule has 16 heavy (non-hydrogen) atoms. The van der Waals surface area contributed by atoms with Crippen LogP contribution in [-0.4, -0.2) is 40.5 Å². The van der Waals surface area contributed by atoms with Gasteiger partial charge in [-0.1, -0.05) is 18.2 Å². The summed E-state index contributed by atoms with van der Waals surface area (Å²) in [6.45, 7) is 1.34. The van der Waals surface area contributed by atoms with E-state index in [-0.39, 0.29) is 0 Å². The zero-order valence-electron chi connectivity index (χ0n) is 9.68. The summed E-state index contributed by atoms with van der Waals surface area (Å²) in [7, 11) is 0.601. The first kappa shape index (κ1) is 13.2. The fourth-order valence-corrected chi connectivity index (χ4v) is 2.38. The molecule has 4 nitrogen and oxygen atoms in total. The van der Waals surface area contributed by atoms with E-state index in [0.29, 0.717) is 11.4 Å². The minimum Gasteiger partial charge on any atom is -0.309 e. The number of sulfonamides is 1. The molecule has 0 aliphatic heterocycles. The normalized spacial score (nSPS) is 11.9. The second-order valence-corrected chi connectivity index (χ2v) is 5.63. The molecule has 0 radical (unpaired) electrons. The van der Waals surface area contributed by atoms with Crippen LogP contribution >= 0.6 is 0 Å². The van der Waals surface area contributed by atoms with Crippen molar-refractivity contribution in [1.29, 1.82) is 0 Å². The van der Waals surface area contributed by atoms with Crippen molar-refractivity contribution in [2.45, 2.75) is 11.3 Å². The van der Waals surface area contributed by atoms with E-state index in [1.165, 1.54) is 0 Å². The number of nitrogens with one attached hydrogen (secondary N) is 1. The summed E-state index contributed by atoms with van der Waals surface area (Å²) in [6.07, 6.45) is 0.805. The molecule has 0 aliphatic rings. The highest BCUT2D eigenvalue weighted by Crippen LogP contribution is 2.06. The van der Waals surface area contributed by atoms with Crippen molar-refractivity contribution >= 4 is 10.0 Å². The minimum atomic E-state index is -3.33. The number of benzene rings is 1. The number of nitrogens with zero attached hydrogens (tertiary/aromatic N) is 1. The van der Waals surface area contributed by atoms with Gasteiger partial charge in [0, 0.05) is 6.54 Å². The Labute approximate surface area is 97.3 Å². The lowest BCUT2D eigenvalue weighted by molar-refractivity contribution is 0.400. The van der Waals surface area contributed by atoms with Crippen LogP contribution in [0.15, 0.2) is 35.2 Å². The van der Waals surface area contributed by atoms with E-state index in [0.717, 1.165) is 13.0 Å². The SMILES string of the molecule is CN(C)CCCNS(=O)(=O)c1ccccc1. The minimum absolute atomic E-state index is 0.319. The molecule has 0 bridgehead atoms. The molecule has 0 unspecified atom stereocenters. The third kappa shape index (κ3) is 4.30. The van der Waals surface area contributed by atoms with Crippen molar-refractivity contribution in [2.75, 3.05) is 27.2 Å². The van der Waals surface area contributed by atoms with Crippen LogP contribution in [-0.2, 0) is 10.0 Å². The van der Waals surface area contributed by atoms with E-state index in [1.807, 2.05) is 19.0 Å².